The molecule has 0 radical (unpaired) electrons. The van der Waals surface area contributed by atoms with Crippen LogP contribution in [0.25, 0.3) is 10.2 Å². The van der Waals surface area contributed by atoms with Crippen LogP contribution in [0.5, 0.6) is 0 Å². The number of nitrogens with zero attached hydrogens (tertiary/aromatic N) is 2. The van der Waals surface area contributed by atoms with Crippen LogP contribution in [0.4, 0.5) is 0 Å². The van der Waals surface area contributed by atoms with Crippen LogP contribution in [0.1, 0.15) is 23.8 Å². The number of thioether (sulfide) groups is 1. The summed E-state index contributed by atoms with van der Waals surface area (Å²) in [6.45, 7) is 6.08. The van der Waals surface area contributed by atoms with Gasteiger partial charge in [-0.25, -0.2) is 9.97 Å². The summed E-state index contributed by atoms with van der Waals surface area (Å²) >= 11 is 3.09. The Labute approximate surface area is 114 Å². The van der Waals surface area contributed by atoms with E-state index < -0.39 is 0 Å². The largest absolute Gasteiger partial charge is 0.369 e. The first-order valence-corrected chi connectivity index (χ1v) is 7.40. The molecule has 0 spiro atoms. The van der Waals surface area contributed by atoms with Gasteiger partial charge in [-0.05, 0) is 25.8 Å². The number of rotatable bonds is 4. The van der Waals surface area contributed by atoms with Crippen molar-refractivity contribution in [2.24, 2.45) is 5.73 Å². The first kappa shape index (κ1) is 13.3. The highest BCUT2D eigenvalue weighted by Crippen LogP contribution is 2.36. The number of hydrogen-bond donors (Lipinski definition) is 1. The Morgan fingerprint density at radius 3 is 2.83 bits per heavy atom. The zero-order chi connectivity index (χ0) is 13.3. The van der Waals surface area contributed by atoms with E-state index in [9.17, 15) is 4.79 Å². The van der Waals surface area contributed by atoms with Crippen molar-refractivity contribution in [2.45, 2.75) is 37.5 Å². The lowest BCUT2D eigenvalue weighted by molar-refractivity contribution is -0.117. The van der Waals surface area contributed by atoms with E-state index in [1.165, 1.54) is 22.2 Å². The molecule has 0 aliphatic carbocycles. The maximum atomic E-state index is 11.3. The van der Waals surface area contributed by atoms with Gasteiger partial charge in [-0.15, -0.1) is 11.3 Å². The Kier molecular flexibility index (Phi) is 3.87. The molecule has 0 aliphatic heterocycles. The van der Waals surface area contributed by atoms with E-state index in [4.69, 9.17) is 5.73 Å². The number of fused-ring (bicyclic) bond motifs is 1. The third kappa shape index (κ3) is 2.35. The molecule has 4 nitrogen and oxygen atoms in total. The molecule has 2 aromatic heterocycles. The van der Waals surface area contributed by atoms with E-state index in [-0.39, 0.29) is 11.2 Å². The molecule has 1 unspecified atom stereocenters. The fourth-order valence-electron chi connectivity index (χ4n) is 1.72. The maximum absolute atomic E-state index is 11.3. The molecule has 6 heteroatoms. The number of aryl methyl sites for hydroxylation is 2. The van der Waals surface area contributed by atoms with Gasteiger partial charge in [0, 0.05) is 10.3 Å². The van der Waals surface area contributed by atoms with Crippen LogP contribution < -0.4 is 5.73 Å². The quantitative estimate of drug-likeness (QED) is 0.691. The van der Waals surface area contributed by atoms with Crippen molar-refractivity contribution in [3.63, 3.8) is 0 Å². The highest BCUT2D eigenvalue weighted by Gasteiger charge is 2.19. The van der Waals surface area contributed by atoms with Crippen molar-refractivity contribution in [2.75, 3.05) is 0 Å². The Bertz CT molecular complexity index is 594. The molecule has 0 aromatic carbocycles. The zero-order valence-electron chi connectivity index (χ0n) is 10.6. The van der Waals surface area contributed by atoms with E-state index >= 15 is 0 Å². The van der Waals surface area contributed by atoms with Gasteiger partial charge in [-0.3, -0.25) is 4.79 Å². The fraction of sp³-hybridized carbons (Fsp3) is 0.417. The predicted octanol–water partition coefficient (Wildman–Crippen LogP) is 2.66. The van der Waals surface area contributed by atoms with Crippen molar-refractivity contribution >= 4 is 39.2 Å². The Balaban J connectivity index is 2.47. The maximum Gasteiger partial charge on any atom is 0.230 e. The summed E-state index contributed by atoms with van der Waals surface area (Å²) in [5.41, 5.74) is 6.57. The lowest BCUT2D eigenvalue weighted by Crippen LogP contribution is -2.24. The molecule has 0 saturated heterocycles. The summed E-state index contributed by atoms with van der Waals surface area (Å²) in [6, 6.07) is 0. The number of primary amides is 1. The summed E-state index contributed by atoms with van der Waals surface area (Å²) in [5, 5.41) is 1.68. The first-order chi connectivity index (χ1) is 8.54. The minimum atomic E-state index is -0.293. The second-order valence-corrected chi connectivity index (χ2v) is 6.45. The van der Waals surface area contributed by atoms with Gasteiger partial charge in [0.05, 0.1) is 5.25 Å². The Hall–Kier alpha value is -1.14. The van der Waals surface area contributed by atoms with Crippen molar-refractivity contribution < 1.29 is 4.79 Å². The van der Waals surface area contributed by atoms with Crippen molar-refractivity contribution in [3.8, 4) is 0 Å². The molecule has 2 rings (SSSR count). The smallest absolute Gasteiger partial charge is 0.230 e. The summed E-state index contributed by atoms with van der Waals surface area (Å²) in [6.07, 6.45) is 2.25. The predicted molar refractivity (Wildman–Crippen MR) is 76.0 cm³/mol. The van der Waals surface area contributed by atoms with E-state index in [1.54, 1.807) is 17.7 Å². The molecule has 96 valence electrons. The van der Waals surface area contributed by atoms with Crippen molar-refractivity contribution in [1.82, 2.24) is 9.97 Å². The summed E-state index contributed by atoms with van der Waals surface area (Å²) in [7, 11) is 0. The molecule has 2 aromatic rings. The number of aromatic nitrogens is 2. The molecule has 0 saturated carbocycles. The highest BCUT2D eigenvalue weighted by molar-refractivity contribution is 8.00. The lowest BCUT2D eigenvalue weighted by atomic mass is 10.2. The van der Waals surface area contributed by atoms with E-state index in [0.717, 1.165) is 15.2 Å². The molecule has 18 heavy (non-hydrogen) atoms. The number of amides is 1. The number of carbonyl (C=O) groups excluding carboxylic acids is 1. The zero-order valence-corrected chi connectivity index (χ0v) is 12.2. The standard InChI is InChI=1S/C12H15N3OS2/c1-4-8(10(13)16)18-12-9-6(2)7(3)17-11(9)14-5-15-12/h5,8H,4H2,1-3H3,(H2,13,16). The van der Waals surface area contributed by atoms with Crippen LogP contribution in [0, 0.1) is 13.8 Å². The molecular weight excluding hydrogens is 266 g/mol. The normalized spacial score (nSPS) is 12.8. The molecule has 0 aliphatic rings. The van der Waals surface area contributed by atoms with Crippen molar-refractivity contribution in [1.29, 1.82) is 0 Å². The third-order valence-electron chi connectivity index (χ3n) is 2.87. The molecular formula is C12H15N3OS2. The van der Waals surface area contributed by atoms with Gasteiger partial charge >= 0.3 is 0 Å². The van der Waals surface area contributed by atoms with Crippen LogP contribution >= 0.6 is 23.1 Å². The van der Waals surface area contributed by atoms with Gasteiger partial charge in [0.1, 0.15) is 16.2 Å². The monoisotopic (exact) mass is 281 g/mol. The first-order valence-electron chi connectivity index (χ1n) is 5.71. The van der Waals surface area contributed by atoms with Crippen LogP contribution in [0.3, 0.4) is 0 Å². The SMILES string of the molecule is CCC(Sc1ncnc2sc(C)c(C)c12)C(N)=O. The number of thiophene rings is 1. The highest BCUT2D eigenvalue weighted by atomic mass is 32.2. The van der Waals surface area contributed by atoms with Crippen LogP contribution in [0.15, 0.2) is 11.4 Å². The molecule has 0 bridgehead atoms. The molecule has 2 N–H and O–H groups in total. The van der Waals surface area contributed by atoms with E-state index in [1.807, 2.05) is 6.92 Å². The lowest BCUT2D eigenvalue weighted by Gasteiger charge is -2.10. The minimum absolute atomic E-state index is 0.234. The Morgan fingerprint density at radius 1 is 1.50 bits per heavy atom. The van der Waals surface area contributed by atoms with Gasteiger partial charge < -0.3 is 5.73 Å². The number of hydrogen-bond acceptors (Lipinski definition) is 5. The summed E-state index contributed by atoms with van der Waals surface area (Å²) < 4.78 is 0. The number of carbonyl (C=O) groups is 1. The molecule has 0 fully saturated rings. The van der Waals surface area contributed by atoms with Crippen LogP contribution in [-0.2, 0) is 4.79 Å². The van der Waals surface area contributed by atoms with Gasteiger partial charge in [0.15, 0.2) is 0 Å². The van der Waals surface area contributed by atoms with E-state index in [2.05, 4.69) is 23.8 Å². The fourth-order valence-corrected chi connectivity index (χ4v) is 3.81. The van der Waals surface area contributed by atoms with Gasteiger partial charge in [-0.2, -0.15) is 0 Å². The van der Waals surface area contributed by atoms with Gasteiger partial charge in [0.2, 0.25) is 5.91 Å². The summed E-state index contributed by atoms with van der Waals surface area (Å²) in [4.78, 5) is 22.1. The topological polar surface area (TPSA) is 68.9 Å². The second kappa shape index (κ2) is 5.24. The second-order valence-electron chi connectivity index (χ2n) is 4.06. The average molecular weight is 281 g/mol. The average Bonchev–Trinajstić information content (AvgIpc) is 2.62. The van der Waals surface area contributed by atoms with Gasteiger partial charge in [0.25, 0.3) is 0 Å². The molecule has 2 heterocycles. The molecule has 1 amide bonds. The molecule has 1 atom stereocenters. The van der Waals surface area contributed by atoms with Crippen molar-refractivity contribution in [3.05, 3.63) is 16.8 Å². The van der Waals surface area contributed by atoms with Gasteiger partial charge in [-0.1, -0.05) is 18.7 Å². The third-order valence-corrected chi connectivity index (χ3v) is 5.37. The van der Waals surface area contributed by atoms with E-state index in [0.29, 0.717) is 6.42 Å². The summed E-state index contributed by atoms with van der Waals surface area (Å²) in [5.74, 6) is -0.293. The number of nitrogens with two attached hydrogens (primary N) is 1. The van der Waals surface area contributed by atoms with Crippen LogP contribution in [0.2, 0.25) is 0 Å². The Morgan fingerprint density at radius 2 is 2.22 bits per heavy atom. The minimum Gasteiger partial charge on any atom is -0.369 e. The van der Waals surface area contributed by atoms with Crippen LogP contribution in [-0.4, -0.2) is 21.1 Å².